The molecule has 1 aromatic rings. The van der Waals surface area contributed by atoms with Gasteiger partial charge in [-0.1, -0.05) is 12.1 Å². The molecule has 74 valence electrons. The monoisotopic (exact) mass is 192 g/mol. The van der Waals surface area contributed by atoms with Crippen LogP contribution in [0.1, 0.15) is 18.4 Å². The molecule has 0 aliphatic heterocycles. The molecule has 1 nitrogen and oxygen atoms in total. The quantitative estimate of drug-likeness (QED) is 0.669. The topological polar surface area (TPSA) is 9.23 Å². The van der Waals surface area contributed by atoms with Crippen LogP contribution in [0, 0.1) is 5.82 Å². The van der Waals surface area contributed by atoms with Crippen LogP contribution in [0.5, 0.6) is 0 Å². The molecule has 0 amide bonds. The van der Waals surface area contributed by atoms with E-state index in [9.17, 15) is 4.39 Å². The van der Waals surface area contributed by atoms with Crippen LogP contribution in [-0.4, -0.2) is 7.11 Å². The Balaban J connectivity index is 2.22. The first-order valence-corrected chi connectivity index (χ1v) is 4.73. The predicted molar refractivity (Wildman–Crippen MR) is 53.5 cm³/mol. The normalized spacial score (nSPS) is 18.4. The molecule has 1 aromatic carbocycles. The van der Waals surface area contributed by atoms with Crippen molar-refractivity contribution in [3.8, 4) is 0 Å². The molecule has 0 radical (unpaired) electrons. The molecule has 1 aliphatic rings. The van der Waals surface area contributed by atoms with Gasteiger partial charge in [-0.05, 0) is 36.6 Å². The molecule has 0 atom stereocenters. The number of allylic oxidation sites excluding steroid dienone is 1. The minimum absolute atomic E-state index is 0.115. The molecule has 2 rings (SSSR count). The van der Waals surface area contributed by atoms with Gasteiger partial charge in [-0.25, -0.2) is 4.39 Å². The van der Waals surface area contributed by atoms with Gasteiger partial charge in [-0.2, -0.15) is 0 Å². The smallest absolute Gasteiger partial charge is 0.123 e. The SMILES string of the molecule is COC=CC1(c2ccc(F)cc2)CC1. The van der Waals surface area contributed by atoms with Crippen LogP contribution in [0.3, 0.4) is 0 Å². The Kier molecular flexibility index (Phi) is 2.28. The maximum Gasteiger partial charge on any atom is 0.123 e. The summed E-state index contributed by atoms with van der Waals surface area (Å²) in [6, 6.07) is 6.72. The Labute approximate surface area is 83.2 Å². The van der Waals surface area contributed by atoms with E-state index >= 15 is 0 Å². The predicted octanol–water partition coefficient (Wildman–Crippen LogP) is 3.02. The van der Waals surface area contributed by atoms with Crippen molar-refractivity contribution in [1.29, 1.82) is 0 Å². The van der Waals surface area contributed by atoms with Crippen LogP contribution in [0.25, 0.3) is 0 Å². The van der Waals surface area contributed by atoms with E-state index in [1.807, 2.05) is 12.1 Å². The fourth-order valence-corrected chi connectivity index (χ4v) is 1.67. The van der Waals surface area contributed by atoms with Crippen molar-refractivity contribution in [2.45, 2.75) is 18.3 Å². The summed E-state index contributed by atoms with van der Waals surface area (Å²) in [5, 5.41) is 0. The molecule has 1 fully saturated rings. The maximum atomic E-state index is 12.7. The fraction of sp³-hybridized carbons (Fsp3) is 0.333. The molecule has 1 saturated carbocycles. The molecule has 2 heteroatoms. The average Bonchev–Trinajstić information content (AvgIpc) is 2.97. The number of rotatable bonds is 3. The van der Waals surface area contributed by atoms with Crippen LogP contribution in [0.4, 0.5) is 4.39 Å². The zero-order chi connectivity index (χ0) is 10.0. The van der Waals surface area contributed by atoms with E-state index in [2.05, 4.69) is 6.08 Å². The summed E-state index contributed by atoms with van der Waals surface area (Å²) in [6.07, 6.45) is 6.01. The maximum absolute atomic E-state index is 12.7. The van der Waals surface area contributed by atoms with Gasteiger partial charge in [0.2, 0.25) is 0 Å². The third-order valence-corrected chi connectivity index (χ3v) is 2.73. The van der Waals surface area contributed by atoms with Gasteiger partial charge in [-0.3, -0.25) is 0 Å². The average molecular weight is 192 g/mol. The number of ether oxygens (including phenoxy) is 1. The fourth-order valence-electron chi connectivity index (χ4n) is 1.67. The summed E-state index contributed by atoms with van der Waals surface area (Å²) in [4.78, 5) is 0. The van der Waals surface area contributed by atoms with Crippen molar-refractivity contribution < 1.29 is 9.13 Å². The number of benzene rings is 1. The Hall–Kier alpha value is -1.31. The van der Waals surface area contributed by atoms with Crippen LogP contribution in [0.2, 0.25) is 0 Å². The lowest BCUT2D eigenvalue weighted by Gasteiger charge is -2.09. The number of hydrogen-bond donors (Lipinski definition) is 0. The van der Waals surface area contributed by atoms with Crippen LogP contribution in [0.15, 0.2) is 36.6 Å². The third kappa shape index (κ3) is 1.65. The van der Waals surface area contributed by atoms with Crippen LogP contribution >= 0.6 is 0 Å². The van der Waals surface area contributed by atoms with Crippen molar-refractivity contribution in [1.82, 2.24) is 0 Å². The number of halogens is 1. The van der Waals surface area contributed by atoms with Gasteiger partial charge in [0.15, 0.2) is 0 Å². The van der Waals surface area contributed by atoms with Crippen LogP contribution < -0.4 is 0 Å². The highest BCUT2D eigenvalue weighted by Crippen LogP contribution is 2.49. The van der Waals surface area contributed by atoms with E-state index in [4.69, 9.17) is 4.74 Å². The zero-order valence-corrected chi connectivity index (χ0v) is 8.16. The Morgan fingerprint density at radius 3 is 2.43 bits per heavy atom. The van der Waals surface area contributed by atoms with Gasteiger partial charge < -0.3 is 4.74 Å². The molecule has 0 N–H and O–H groups in total. The van der Waals surface area contributed by atoms with Gasteiger partial charge in [0.1, 0.15) is 5.82 Å². The molecule has 0 bridgehead atoms. The van der Waals surface area contributed by atoms with E-state index in [-0.39, 0.29) is 11.2 Å². The highest BCUT2D eigenvalue weighted by atomic mass is 19.1. The summed E-state index contributed by atoms with van der Waals surface area (Å²) in [6.45, 7) is 0. The Morgan fingerprint density at radius 1 is 1.29 bits per heavy atom. The molecule has 1 aliphatic carbocycles. The van der Waals surface area contributed by atoms with E-state index < -0.39 is 0 Å². The van der Waals surface area contributed by atoms with Crippen LogP contribution in [-0.2, 0) is 10.2 Å². The molecule has 0 heterocycles. The van der Waals surface area contributed by atoms with Crippen molar-refractivity contribution in [2.24, 2.45) is 0 Å². The molecule has 0 aromatic heterocycles. The lowest BCUT2D eigenvalue weighted by molar-refractivity contribution is 0.335. The summed E-state index contributed by atoms with van der Waals surface area (Å²) < 4.78 is 17.6. The molecule has 0 spiro atoms. The Bertz CT molecular complexity index is 336. The van der Waals surface area contributed by atoms with Gasteiger partial charge in [0.25, 0.3) is 0 Å². The van der Waals surface area contributed by atoms with Gasteiger partial charge >= 0.3 is 0 Å². The third-order valence-electron chi connectivity index (χ3n) is 2.73. The molecule has 0 saturated heterocycles. The largest absolute Gasteiger partial charge is 0.505 e. The zero-order valence-electron chi connectivity index (χ0n) is 8.16. The minimum atomic E-state index is -0.180. The second kappa shape index (κ2) is 3.45. The van der Waals surface area contributed by atoms with Crippen molar-refractivity contribution >= 4 is 0 Å². The first-order chi connectivity index (χ1) is 6.77. The number of hydrogen-bond acceptors (Lipinski definition) is 1. The van der Waals surface area contributed by atoms with Gasteiger partial charge in [-0.15, -0.1) is 0 Å². The highest BCUT2D eigenvalue weighted by molar-refractivity contribution is 5.36. The highest BCUT2D eigenvalue weighted by Gasteiger charge is 2.41. The summed E-state index contributed by atoms with van der Waals surface area (Å²) in [5.74, 6) is -0.180. The second-order valence-corrected chi connectivity index (χ2v) is 3.70. The minimum Gasteiger partial charge on any atom is -0.505 e. The first kappa shape index (κ1) is 9.25. The van der Waals surface area contributed by atoms with Crippen molar-refractivity contribution in [2.75, 3.05) is 7.11 Å². The molecule has 0 unspecified atom stereocenters. The van der Waals surface area contributed by atoms with Gasteiger partial charge in [0.05, 0.1) is 13.4 Å². The second-order valence-electron chi connectivity index (χ2n) is 3.70. The number of methoxy groups -OCH3 is 1. The van der Waals surface area contributed by atoms with Gasteiger partial charge in [0, 0.05) is 5.41 Å². The summed E-state index contributed by atoms with van der Waals surface area (Å²) >= 11 is 0. The van der Waals surface area contributed by atoms with E-state index in [0.29, 0.717) is 0 Å². The van der Waals surface area contributed by atoms with E-state index in [1.165, 1.54) is 17.7 Å². The molecular weight excluding hydrogens is 179 g/mol. The van der Waals surface area contributed by atoms with Crippen molar-refractivity contribution in [3.05, 3.63) is 48.0 Å². The molecular formula is C12H13FO. The first-order valence-electron chi connectivity index (χ1n) is 4.73. The molecule has 14 heavy (non-hydrogen) atoms. The van der Waals surface area contributed by atoms with Crippen molar-refractivity contribution in [3.63, 3.8) is 0 Å². The standard InChI is InChI=1S/C12H13FO/c1-14-9-8-12(6-7-12)10-2-4-11(13)5-3-10/h2-5,8-9H,6-7H2,1H3. The summed E-state index contributed by atoms with van der Waals surface area (Å²) in [5.41, 5.74) is 1.29. The Morgan fingerprint density at radius 2 is 1.93 bits per heavy atom. The summed E-state index contributed by atoms with van der Waals surface area (Å²) in [7, 11) is 1.64. The van der Waals surface area contributed by atoms with E-state index in [1.54, 1.807) is 13.4 Å². The lowest BCUT2D eigenvalue weighted by atomic mass is 9.96. The van der Waals surface area contributed by atoms with E-state index in [0.717, 1.165) is 12.8 Å². The lowest BCUT2D eigenvalue weighted by Crippen LogP contribution is -2.01.